The first kappa shape index (κ1) is 21.2. The molecule has 0 fully saturated rings. The third-order valence-corrected chi connectivity index (χ3v) is 4.46. The van der Waals surface area contributed by atoms with Crippen molar-refractivity contribution < 1.29 is 52.0 Å². The molecule has 0 saturated heterocycles. The van der Waals surface area contributed by atoms with E-state index < -0.39 is 41.1 Å². The predicted molar refractivity (Wildman–Crippen MR) is 45.2 cm³/mol. The van der Waals surface area contributed by atoms with Crippen molar-refractivity contribution in [2.24, 2.45) is 0 Å². The van der Waals surface area contributed by atoms with Crippen molar-refractivity contribution in [2.45, 2.75) is 16.9 Å². The fourth-order valence-corrected chi connectivity index (χ4v) is 2.65. The van der Waals surface area contributed by atoms with E-state index in [1.54, 1.807) is 0 Å². The third kappa shape index (κ3) is 4.18. The molecule has 0 radical (unpaired) electrons. The fraction of sp³-hybridized carbons (Fsp3) is 1.00. The van der Waals surface area contributed by atoms with Gasteiger partial charge in [-0.1, -0.05) is 4.13 Å². The minimum atomic E-state index is -7.17. The first-order valence-corrected chi connectivity index (χ1v) is 6.21. The van der Waals surface area contributed by atoms with E-state index in [2.05, 4.69) is 0 Å². The van der Waals surface area contributed by atoms with Crippen LogP contribution in [0.2, 0.25) is 0 Å². The number of hydrogen-bond donors (Lipinski definition) is 1. The molecule has 0 rings (SSSR count). The molecule has 16 heteroatoms. The van der Waals surface area contributed by atoms with Crippen LogP contribution in [0.3, 0.4) is 0 Å². The summed E-state index contributed by atoms with van der Waals surface area (Å²) in [6, 6.07) is 0. The molecule has 0 amide bonds. The summed E-state index contributed by atoms with van der Waals surface area (Å²) >= 11 is 0. The molecule has 0 aliphatic rings. The van der Waals surface area contributed by atoms with Gasteiger partial charge in [0.1, 0.15) is 0 Å². The molecule has 0 spiro atoms. The van der Waals surface area contributed by atoms with E-state index in [0.29, 0.717) is 0 Å². The number of rotatable bonds is 3. The van der Waals surface area contributed by atoms with Crippen LogP contribution < -0.4 is 4.13 Å². The quantitative estimate of drug-likeness (QED) is 0.591. The molecule has 0 aromatic rings. The number of halogens is 8. The number of alkyl halides is 8. The maximum atomic E-state index is 12.2. The fourth-order valence-electron chi connectivity index (χ4n) is 0.396. The van der Waals surface area contributed by atoms with E-state index in [1.165, 1.54) is 0 Å². The summed E-state index contributed by atoms with van der Waals surface area (Å²) in [5.41, 5.74) is -6.37. The van der Waals surface area contributed by atoms with Gasteiger partial charge in [0.15, 0.2) is 0 Å². The topological polar surface area (TPSA) is 80.3 Å². The van der Waals surface area contributed by atoms with Crippen LogP contribution in [0.5, 0.6) is 0 Å². The molecule has 0 aliphatic heterocycles. The average Bonchev–Trinajstić information content (AvgIpc) is 1.96. The van der Waals surface area contributed by atoms with Crippen LogP contribution in [-0.2, 0) is 20.0 Å². The monoisotopic (exact) mass is 339 g/mol. The Morgan fingerprint density at radius 3 is 1.21 bits per heavy atom. The normalized spacial score (nSPS) is 14.9. The van der Waals surface area contributed by atoms with Gasteiger partial charge in [-0.3, -0.25) is 0 Å². The van der Waals surface area contributed by atoms with Crippen LogP contribution in [0.25, 0.3) is 0 Å². The molecule has 0 aromatic heterocycles. The van der Waals surface area contributed by atoms with E-state index in [0.717, 1.165) is 0 Å². The van der Waals surface area contributed by atoms with Gasteiger partial charge in [-0.05, 0) is 0 Å². The molecular formula is C3H2F8LiNO4S2. The molecule has 5 nitrogen and oxygen atoms in total. The molecule has 0 aliphatic carbocycles. The molecule has 1 N–H and O–H groups in total. The van der Waals surface area contributed by atoms with Crippen LogP contribution in [0.15, 0.2) is 0 Å². The van der Waals surface area contributed by atoms with Crippen LogP contribution in [-0.4, -0.2) is 52.6 Å². The predicted octanol–water partition coefficient (Wildman–Crippen LogP) is 0.262. The van der Waals surface area contributed by atoms with Gasteiger partial charge in [-0.25, -0.2) is 16.8 Å². The molecule has 0 bridgehead atoms. The van der Waals surface area contributed by atoms with Crippen molar-refractivity contribution in [3.05, 3.63) is 0 Å². The Balaban J connectivity index is 0. The van der Waals surface area contributed by atoms with Gasteiger partial charge in [0.05, 0.1) is 0 Å². The number of sulfonamides is 2. The first-order chi connectivity index (χ1) is 7.46. The van der Waals surface area contributed by atoms with E-state index >= 15 is 0 Å². The summed E-state index contributed by atoms with van der Waals surface area (Å²) in [5.74, 6) is 0. The van der Waals surface area contributed by atoms with Gasteiger partial charge in [-0.2, -0.15) is 35.1 Å². The standard InChI is InChI=1S/C3HF8NO4S2.Li.H/c4-1(5,6)2(7,8)17(13,14)12-18(15,16)3(9,10)11;;/h12H;;. The van der Waals surface area contributed by atoms with Gasteiger partial charge < -0.3 is 0 Å². The van der Waals surface area contributed by atoms with Gasteiger partial charge in [0, 0.05) is 0 Å². The summed E-state index contributed by atoms with van der Waals surface area (Å²) in [4.78, 5) is 0. The van der Waals surface area contributed by atoms with Crippen molar-refractivity contribution in [1.82, 2.24) is 4.13 Å². The Hall–Kier alpha value is -0.103. The second-order valence-corrected chi connectivity index (χ2v) is 6.21. The minimum absolute atomic E-state index is 0. The van der Waals surface area contributed by atoms with Crippen molar-refractivity contribution >= 4 is 38.9 Å². The molecule has 0 atom stereocenters. The van der Waals surface area contributed by atoms with Crippen LogP contribution in [0.4, 0.5) is 35.1 Å². The number of hydrogen-bond acceptors (Lipinski definition) is 4. The third-order valence-electron chi connectivity index (χ3n) is 1.19. The zero-order chi connectivity index (χ0) is 15.2. The zero-order valence-electron chi connectivity index (χ0n) is 7.47. The Labute approximate surface area is 112 Å². The molecule has 0 aromatic carbocycles. The maximum absolute atomic E-state index is 12.2. The van der Waals surface area contributed by atoms with Crippen LogP contribution in [0, 0.1) is 0 Å². The van der Waals surface area contributed by atoms with E-state index in [1.807, 2.05) is 0 Å². The molecule has 0 unspecified atom stereocenters. The van der Waals surface area contributed by atoms with E-state index in [4.69, 9.17) is 0 Å². The molecule has 0 saturated carbocycles. The molecule has 112 valence electrons. The summed E-state index contributed by atoms with van der Waals surface area (Å²) in [6.07, 6.45) is -6.79. The van der Waals surface area contributed by atoms with Crippen LogP contribution >= 0.6 is 0 Å². The van der Waals surface area contributed by atoms with Crippen molar-refractivity contribution in [1.29, 1.82) is 0 Å². The van der Waals surface area contributed by atoms with Gasteiger partial charge in [0.2, 0.25) is 0 Å². The zero-order valence-corrected chi connectivity index (χ0v) is 9.11. The molecule has 0 heterocycles. The average molecular weight is 339 g/mol. The van der Waals surface area contributed by atoms with Crippen molar-refractivity contribution in [3.63, 3.8) is 0 Å². The number of nitrogens with one attached hydrogen (secondary N) is 1. The van der Waals surface area contributed by atoms with Gasteiger partial charge >= 0.3 is 55.8 Å². The Kier molecular flexibility index (Phi) is 5.97. The SMILES string of the molecule is O=S(=O)(NS(=O)(=O)C(F)(F)C(F)(F)F)C(F)(F)F.[LiH]. The second kappa shape index (κ2) is 5.35. The van der Waals surface area contributed by atoms with Crippen molar-refractivity contribution in [3.8, 4) is 0 Å². The summed E-state index contributed by atoms with van der Waals surface area (Å²) in [7, 11) is -14.1. The summed E-state index contributed by atoms with van der Waals surface area (Å²) in [6.45, 7) is 0. The van der Waals surface area contributed by atoms with Crippen LogP contribution in [0.1, 0.15) is 0 Å². The Morgan fingerprint density at radius 2 is 1.00 bits per heavy atom. The first-order valence-electron chi connectivity index (χ1n) is 3.25. The molecular weight excluding hydrogens is 337 g/mol. The van der Waals surface area contributed by atoms with Gasteiger partial charge in [0.25, 0.3) is 0 Å². The summed E-state index contributed by atoms with van der Waals surface area (Å²) in [5, 5.41) is -6.71. The van der Waals surface area contributed by atoms with Gasteiger partial charge in [-0.15, -0.1) is 0 Å². The van der Waals surface area contributed by atoms with E-state index in [-0.39, 0.29) is 18.9 Å². The van der Waals surface area contributed by atoms with Crippen molar-refractivity contribution in [2.75, 3.05) is 0 Å². The Morgan fingerprint density at radius 1 is 0.684 bits per heavy atom. The summed E-state index contributed by atoms with van der Waals surface area (Å²) < 4.78 is 134. The molecule has 19 heavy (non-hydrogen) atoms. The van der Waals surface area contributed by atoms with E-state index in [9.17, 15) is 52.0 Å². The Bertz CT molecular complexity index is 517. The second-order valence-electron chi connectivity index (χ2n) is 2.55.